The highest BCUT2D eigenvalue weighted by Gasteiger charge is 2.28. The van der Waals surface area contributed by atoms with Gasteiger partial charge < -0.3 is 10.1 Å². The van der Waals surface area contributed by atoms with E-state index in [-0.39, 0.29) is 5.60 Å². The standard InChI is InChI=1S/C13H17Cl2NO/c1-13(2)8-11(3-4-17-13)16-12-6-9(14)5-10(15)7-12/h5-7,11,16H,3-4,8H2,1-2H3. The molecule has 0 aromatic heterocycles. The summed E-state index contributed by atoms with van der Waals surface area (Å²) in [4.78, 5) is 0. The summed E-state index contributed by atoms with van der Waals surface area (Å²) >= 11 is 11.9. The van der Waals surface area contributed by atoms with Crippen molar-refractivity contribution >= 4 is 28.9 Å². The fraction of sp³-hybridized carbons (Fsp3) is 0.538. The highest BCUT2D eigenvalue weighted by Crippen LogP contribution is 2.28. The Morgan fingerprint density at radius 3 is 2.47 bits per heavy atom. The van der Waals surface area contributed by atoms with Crippen LogP contribution in [0.1, 0.15) is 26.7 Å². The number of rotatable bonds is 2. The molecule has 0 spiro atoms. The first-order chi connectivity index (χ1) is 7.94. The molecule has 1 aliphatic rings. The second-order valence-electron chi connectivity index (χ2n) is 5.10. The zero-order valence-corrected chi connectivity index (χ0v) is 11.6. The Morgan fingerprint density at radius 1 is 1.24 bits per heavy atom. The fourth-order valence-electron chi connectivity index (χ4n) is 2.23. The van der Waals surface area contributed by atoms with Crippen molar-refractivity contribution in [3.8, 4) is 0 Å². The molecule has 0 bridgehead atoms. The van der Waals surface area contributed by atoms with Crippen LogP contribution in [0.3, 0.4) is 0 Å². The van der Waals surface area contributed by atoms with Gasteiger partial charge in [-0.05, 0) is 44.9 Å². The minimum Gasteiger partial charge on any atom is -0.382 e. The van der Waals surface area contributed by atoms with Crippen LogP contribution in [0.25, 0.3) is 0 Å². The molecule has 1 unspecified atom stereocenters. The molecule has 1 saturated heterocycles. The van der Waals surface area contributed by atoms with Gasteiger partial charge in [-0.3, -0.25) is 0 Å². The number of benzene rings is 1. The number of hydrogen-bond donors (Lipinski definition) is 1. The summed E-state index contributed by atoms with van der Waals surface area (Å²) in [5.74, 6) is 0. The quantitative estimate of drug-likeness (QED) is 0.865. The monoisotopic (exact) mass is 273 g/mol. The molecule has 2 nitrogen and oxygen atoms in total. The fourth-order valence-corrected chi connectivity index (χ4v) is 2.75. The SMILES string of the molecule is CC1(C)CC(Nc2cc(Cl)cc(Cl)c2)CCO1. The summed E-state index contributed by atoms with van der Waals surface area (Å²) in [6.07, 6.45) is 1.99. The third-order valence-electron chi connectivity index (χ3n) is 2.93. The molecule has 1 heterocycles. The Labute approximate surface area is 112 Å². The van der Waals surface area contributed by atoms with Crippen molar-refractivity contribution in [3.05, 3.63) is 28.2 Å². The molecule has 2 rings (SSSR count). The van der Waals surface area contributed by atoms with E-state index in [1.165, 1.54) is 0 Å². The lowest BCUT2D eigenvalue weighted by Crippen LogP contribution is -2.40. The van der Waals surface area contributed by atoms with Gasteiger partial charge in [0.1, 0.15) is 0 Å². The Balaban J connectivity index is 2.05. The van der Waals surface area contributed by atoms with Gasteiger partial charge in [0.25, 0.3) is 0 Å². The molecule has 17 heavy (non-hydrogen) atoms. The first kappa shape index (κ1) is 13.0. The van der Waals surface area contributed by atoms with Gasteiger partial charge in [-0.15, -0.1) is 0 Å². The van der Waals surface area contributed by atoms with Crippen LogP contribution < -0.4 is 5.32 Å². The van der Waals surface area contributed by atoms with E-state index in [0.717, 1.165) is 25.1 Å². The molecule has 1 fully saturated rings. The highest BCUT2D eigenvalue weighted by molar-refractivity contribution is 6.35. The van der Waals surface area contributed by atoms with Gasteiger partial charge in [-0.2, -0.15) is 0 Å². The van der Waals surface area contributed by atoms with Crippen molar-refractivity contribution in [2.24, 2.45) is 0 Å². The molecule has 0 aliphatic carbocycles. The van der Waals surface area contributed by atoms with Crippen molar-refractivity contribution in [2.75, 3.05) is 11.9 Å². The van der Waals surface area contributed by atoms with Crippen molar-refractivity contribution in [3.63, 3.8) is 0 Å². The maximum atomic E-state index is 5.97. The topological polar surface area (TPSA) is 21.3 Å². The predicted molar refractivity (Wildman–Crippen MR) is 73.1 cm³/mol. The lowest BCUT2D eigenvalue weighted by molar-refractivity contribution is -0.0553. The van der Waals surface area contributed by atoms with Crippen LogP contribution in [-0.4, -0.2) is 18.2 Å². The lowest BCUT2D eigenvalue weighted by Gasteiger charge is -2.36. The molecule has 0 radical (unpaired) electrons. The predicted octanol–water partition coefficient (Wildman–Crippen LogP) is 4.36. The van der Waals surface area contributed by atoms with Crippen molar-refractivity contribution < 1.29 is 4.74 Å². The molecule has 1 aliphatic heterocycles. The van der Waals surface area contributed by atoms with Gasteiger partial charge in [0.2, 0.25) is 0 Å². The van der Waals surface area contributed by atoms with E-state index in [4.69, 9.17) is 27.9 Å². The summed E-state index contributed by atoms with van der Waals surface area (Å²) in [5.41, 5.74) is 0.920. The Hall–Kier alpha value is -0.440. The van der Waals surface area contributed by atoms with Crippen molar-refractivity contribution in [1.29, 1.82) is 0 Å². The summed E-state index contributed by atoms with van der Waals surface area (Å²) in [6.45, 7) is 5.02. The van der Waals surface area contributed by atoms with E-state index in [9.17, 15) is 0 Å². The molecule has 0 amide bonds. The number of nitrogens with one attached hydrogen (secondary N) is 1. The van der Waals surface area contributed by atoms with Gasteiger partial charge in [0.15, 0.2) is 0 Å². The summed E-state index contributed by atoms with van der Waals surface area (Å²) in [7, 11) is 0. The minimum absolute atomic E-state index is 0.0573. The first-order valence-corrected chi connectivity index (χ1v) is 6.57. The number of hydrogen-bond acceptors (Lipinski definition) is 2. The van der Waals surface area contributed by atoms with Crippen LogP contribution in [0.5, 0.6) is 0 Å². The van der Waals surface area contributed by atoms with Crippen LogP contribution in [-0.2, 0) is 4.74 Å². The van der Waals surface area contributed by atoms with E-state index >= 15 is 0 Å². The van der Waals surface area contributed by atoms with E-state index in [2.05, 4.69) is 19.2 Å². The van der Waals surface area contributed by atoms with Gasteiger partial charge in [0.05, 0.1) is 5.60 Å². The maximum absolute atomic E-state index is 5.97. The molecule has 4 heteroatoms. The molecule has 0 saturated carbocycles. The first-order valence-electron chi connectivity index (χ1n) is 5.81. The van der Waals surface area contributed by atoms with E-state index < -0.39 is 0 Å². The summed E-state index contributed by atoms with van der Waals surface area (Å²) < 4.78 is 5.69. The Morgan fingerprint density at radius 2 is 1.88 bits per heavy atom. The molecule has 1 aromatic rings. The van der Waals surface area contributed by atoms with Crippen LogP contribution in [0.15, 0.2) is 18.2 Å². The third kappa shape index (κ3) is 3.77. The van der Waals surface area contributed by atoms with Crippen LogP contribution >= 0.6 is 23.2 Å². The summed E-state index contributed by atoms with van der Waals surface area (Å²) in [6, 6.07) is 5.95. The summed E-state index contributed by atoms with van der Waals surface area (Å²) in [5, 5.41) is 4.79. The van der Waals surface area contributed by atoms with Crippen molar-refractivity contribution in [1.82, 2.24) is 0 Å². The molecule has 1 atom stereocenters. The Bertz CT molecular complexity index is 386. The van der Waals surface area contributed by atoms with E-state index in [1.54, 1.807) is 6.07 Å². The third-order valence-corrected chi connectivity index (χ3v) is 3.37. The molecular weight excluding hydrogens is 257 g/mol. The van der Waals surface area contributed by atoms with Crippen LogP contribution in [0.4, 0.5) is 5.69 Å². The lowest BCUT2D eigenvalue weighted by atomic mass is 9.94. The number of halogens is 2. The largest absolute Gasteiger partial charge is 0.382 e. The second kappa shape index (κ2) is 5.05. The Kier molecular flexibility index (Phi) is 3.86. The maximum Gasteiger partial charge on any atom is 0.0646 e. The second-order valence-corrected chi connectivity index (χ2v) is 5.97. The van der Waals surface area contributed by atoms with E-state index in [1.807, 2.05) is 12.1 Å². The average Bonchev–Trinajstić information content (AvgIpc) is 2.13. The molecular formula is C13H17Cl2NO. The van der Waals surface area contributed by atoms with Gasteiger partial charge in [-0.25, -0.2) is 0 Å². The molecule has 94 valence electrons. The van der Waals surface area contributed by atoms with Crippen LogP contribution in [0, 0.1) is 0 Å². The highest BCUT2D eigenvalue weighted by atomic mass is 35.5. The zero-order valence-electron chi connectivity index (χ0n) is 10.1. The molecule has 1 aromatic carbocycles. The van der Waals surface area contributed by atoms with Gasteiger partial charge in [-0.1, -0.05) is 23.2 Å². The average molecular weight is 274 g/mol. The van der Waals surface area contributed by atoms with E-state index in [0.29, 0.717) is 16.1 Å². The minimum atomic E-state index is -0.0573. The number of ether oxygens (including phenoxy) is 1. The zero-order chi connectivity index (χ0) is 12.5. The van der Waals surface area contributed by atoms with Gasteiger partial charge in [0, 0.05) is 28.4 Å². The van der Waals surface area contributed by atoms with Crippen molar-refractivity contribution in [2.45, 2.75) is 38.3 Å². The normalized spacial score (nSPS) is 23.4. The van der Waals surface area contributed by atoms with Gasteiger partial charge >= 0.3 is 0 Å². The number of anilines is 1. The smallest absolute Gasteiger partial charge is 0.0646 e. The molecule has 1 N–H and O–H groups in total. The van der Waals surface area contributed by atoms with Crippen LogP contribution in [0.2, 0.25) is 10.0 Å².